The molecule has 0 fully saturated rings. The molecule has 1 aliphatic rings. The molecular formula is C19H30N4O3. The van der Waals surface area contributed by atoms with Gasteiger partial charge in [0.15, 0.2) is 0 Å². The third kappa shape index (κ3) is 5.47. The van der Waals surface area contributed by atoms with Crippen LogP contribution in [0.3, 0.4) is 0 Å². The highest BCUT2D eigenvalue weighted by Crippen LogP contribution is 2.20. The highest BCUT2D eigenvalue weighted by Gasteiger charge is 2.27. The van der Waals surface area contributed by atoms with Crippen LogP contribution in [-0.2, 0) is 14.4 Å². The van der Waals surface area contributed by atoms with Crippen LogP contribution in [0, 0.1) is 0 Å². The molecule has 7 nitrogen and oxygen atoms in total. The highest BCUT2D eigenvalue weighted by atomic mass is 16.2. The molecule has 3 amide bonds. The first-order valence-corrected chi connectivity index (χ1v) is 8.59. The quantitative estimate of drug-likeness (QED) is 0.657. The van der Waals surface area contributed by atoms with Crippen molar-refractivity contribution >= 4 is 17.7 Å². The minimum atomic E-state index is -0.758. The molecule has 1 heterocycles. The van der Waals surface area contributed by atoms with Gasteiger partial charge in [-0.3, -0.25) is 14.4 Å². The number of nitrogens with zero attached hydrogens (tertiary/aromatic N) is 2. The molecule has 0 saturated carbocycles. The number of hydrogen-bond acceptors (Lipinski definition) is 4. The van der Waals surface area contributed by atoms with Crippen LogP contribution in [0.4, 0.5) is 0 Å². The van der Waals surface area contributed by atoms with Gasteiger partial charge >= 0.3 is 0 Å². The average Bonchev–Trinajstić information content (AvgIpc) is 2.56. The van der Waals surface area contributed by atoms with Gasteiger partial charge < -0.3 is 20.4 Å². The Kier molecular flexibility index (Phi) is 7.61. The molecule has 0 aromatic rings. The number of carbonyl (C=O) groups is 3. The standard InChI is InChI=1S/C19H30N4O3/c1-8-14-11-12(2)17(13(3)20-14)18(25)21-15(19(26)23(6)7)9-10-16(24)22(4)5/h8,11,14-15,20H,1,9-10H2,2-7H3,(H,21,25). The molecule has 1 aliphatic heterocycles. The van der Waals surface area contributed by atoms with E-state index in [4.69, 9.17) is 0 Å². The van der Waals surface area contributed by atoms with Crippen molar-refractivity contribution in [1.29, 1.82) is 0 Å². The molecule has 0 radical (unpaired) electrons. The second kappa shape index (κ2) is 9.22. The largest absolute Gasteiger partial charge is 0.378 e. The molecule has 0 aromatic heterocycles. The number of likely N-dealkylation sites (N-methyl/N-ethyl adjacent to an activating group) is 1. The normalized spacial score (nSPS) is 17.6. The van der Waals surface area contributed by atoms with Crippen LogP contribution in [0.15, 0.2) is 35.6 Å². The van der Waals surface area contributed by atoms with Gasteiger partial charge in [-0.15, -0.1) is 6.58 Å². The maximum absolute atomic E-state index is 12.8. The Hall–Kier alpha value is -2.57. The summed E-state index contributed by atoms with van der Waals surface area (Å²) >= 11 is 0. The number of amides is 3. The Morgan fingerprint density at radius 2 is 1.85 bits per heavy atom. The number of allylic oxidation sites excluding steroid dienone is 1. The van der Waals surface area contributed by atoms with Crippen molar-refractivity contribution in [2.75, 3.05) is 28.2 Å². The monoisotopic (exact) mass is 362 g/mol. The van der Waals surface area contributed by atoms with Gasteiger partial charge in [0.25, 0.3) is 5.91 Å². The molecule has 2 atom stereocenters. The van der Waals surface area contributed by atoms with Crippen LogP contribution in [0.2, 0.25) is 0 Å². The van der Waals surface area contributed by atoms with Crippen molar-refractivity contribution in [2.45, 2.75) is 38.8 Å². The summed E-state index contributed by atoms with van der Waals surface area (Å²) in [6.45, 7) is 7.43. The van der Waals surface area contributed by atoms with E-state index in [1.807, 2.05) is 19.9 Å². The number of dihydropyridines is 1. The fraction of sp³-hybridized carbons (Fsp3) is 0.526. The molecule has 0 bridgehead atoms. The second-order valence-electron chi connectivity index (χ2n) is 6.84. The van der Waals surface area contributed by atoms with E-state index in [0.717, 1.165) is 11.3 Å². The van der Waals surface area contributed by atoms with Gasteiger partial charge in [0, 0.05) is 40.3 Å². The van der Waals surface area contributed by atoms with Gasteiger partial charge in [-0.2, -0.15) is 0 Å². The third-order valence-corrected chi connectivity index (χ3v) is 4.25. The van der Waals surface area contributed by atoms with Gasteiger partial charge in [-0.25, -0.2) is 0 Å². The zero-order valence-corrected chi connectivity index (χ0v) is 16.5. The van der Waals surface area contributed by atoms with Gasteiger partial charge in [0.2, 0.25) is 11.8 Å². The molecule has 2 unspecified atom stereocenters. The number of carbonyl (C=O) groups excluding carboxylic acids is 3. The van der Waals surface area contributed by atoms with Crippen molar-refractivity contribution < 1.29 is 14.4 Å². The molecule has 0 aromatic carbocycles. The predicted molar refractivity (Wildman–Crippen MR) is 102 cm³/mol. The Morgan fingerprint density at radius 1 is 1.23 bits per heavy atom. The fourth-order valence-electron chi connectivity index (χ4n) is 2.78. The van der Waals surface area contributed by atoms with Crippen molar-refractivity contribution in [3.05, 3.63) is 35.6 Å². The minimum absolute atomic E-state index is 0.0246. The minimum Gasteiger partial charge on any atom is -0.378 e. The van der Waals surface area contributed by atoms with E-state index in [1.165, 1.54) is 9.80 Å². The summed E-state index contributed by atoms with van der Waals surface area (Å²) < 4.78 is 0. The average molecular weight is 362 g/mol. The summed E-state index contributed by atoms with van der Waals surface area (Å²) in [6.07, 6.45) is 4.10. The number of nitrogens with one attached hydrogen (secondary N) is 2. The Bertz CT molecular complexity index is 647. The van der Waals surface area contributed by atoms with Gasteiger partial charge in [-0.05, 0) is 25.8 Å². The summed E-state index contributed by atoms with van der Waals surface area (Å²) in [5.74, 6) is -0.656. The summed E-state index contributed by atoms with van der Waals surface area (Å²) in [5, 5.41) is 5.98. The van der Waals surface area contributed by atoms with Crippen molar-refractivity contribution in [1.82, 2.24) is 20.4 Å². The maximum Gasteiger partial charge on any atom is 0.253 e. The first-order chi connectivity index (χ1) is 12.1. The molecule has 1 rings (SSSR count). The van der Waals surface area contributed by atoms with Crippen LogP contribution >= 0.6 is 0 Å². The van der Waals surface area contributed by atoms with Crippen molar-refractivity contribution in [2.24, 2.45) is 0 Å². The van der Waals surface area contributed by atoms with E-state index in [2.05, 4.69) is 17.2 Å². The smallest absolute Gasteiger partial charge is 0.253 e. The lowest BCUT2D eigenvalue weighted by molar-refractivity contribution is -0.134. The fourth-order valence-corrected chi connectivity index (χ4v) is 2.78. The molecule has 26 heavy (non-hydrogen) atoms. The number of hydrogen-bond donors (Lipinski definition) is 2. The van der Waals surface area contributed by atoms with Crippen LogP contribution in [0.1, 0.15) is 26.7 Å². The van der Waals surface area contributed by atoms with E-state index < -0.39 is 6.04 Å². The lowest BCUT2D eigenvalue weighted by atomic mass is 9.97. The zero-order chi connectivity index (χ0) is 20.0. The molecule has 0 spiro atoms. The van der Waals surface area contributed by atoms with E-state index >= 15 is 0 Å². The number of rotatable bonds is 7. The highest BCUT2D eigenvalue weighted by molar-refractivity contribution is 6.01. The Morgan fingerprint density at radius 3 is 2.31 bits per heavy atom. The first kappa shape index (κ1) is 21.5. The summed E-state index contributed by atoms with van der Waals surface area (Å²) in [6, 6.07) is -0.782. The van der Waals surface area contributed by atoms with Gasteiger partial charge in [0.1, 0.15) is 6.04 Å². The summed E-state index contributed by atoms with van der Waals surface area (Å²) in [7, 11) is 6.58. The molecule has 7 heteroatoms. The van der Waals surface area contributed by atoms with Crippen LogP contribution in [0.5, 0.6) is 0 Å². The zero-order valence-electron chi connectivity index (χ0n) is 16.5. The van der Waals surface area contributed by atoms with Crippen molar-refractivity contribution in [3.8, 4) is 0 Å². The summed E-state index contributed by atoms with van der Waals surface area (Å²) in [5.41, 5.74) is 2.07. The lowest BCUT2D eigenvalue weighted by Crippen LogP contribution is -2.48. The van der Waals surface area contributed by atoms with Crippen LogP contribution < -0.4 is 10.6 Å². The lowest BCUT2D eigenvalue weighted by Gasteiger charge is -2.26. The molecular weight excluding hydrogens is 332 g/mol. The van der Waals surface area contributed by atoms with E-state index in [9.17, 15) is 14.4 Å². The van der Waals surface area contributed by atoms with Gasteiger partial charge in [0.05, 0.1) is 11.6 Å². The molecule has 2 N–H and O–H groups in total. The molecule has 0 aliphatic carbocycles. The SMILES string of the molecule is C=CC1C=C(C)C(C(=O)NC(CCC(=O)N(C)C)C(=O)N(C)C)=C(C)N1. The summed E-state index contributed by atoms with van der Waals surface area (Å²) in [4.78, 5) is 40.0. The molecule has 144 valence electrons. The predicted octanol–water partition coefficient (Wildman–Crippen LogP) is 0.806. The van der Waals surface area contributed by atoms with E-state index in [-0.39, 0.29) is 36.6 Å². The van der Waals surface area contributed by atoms with Crippen LogP contribution in [0.25, 0.3) is 0 Å². The third-order valence-electron chi connectivity index (χ3n) is 4.25. The first-order valence-electron chi connectivity index (χ1n) is 8.59. The second-order valence-corrected chi connectivity index (χ2v) is 6.84. The molecule has 0 saturated heterocycles. The Balaban J connectivity index is 2.95. The van der Waals surface area contributed by atoms with Gasteiger partial charge in [-0.1, -0.05) is 12.2 Å². The van der Waals surface area contributed by atoms with E-state index in [0.29, 0.717) is 5.57 Å². The Labute approximate surface area is 155 Å². The van der Waals surface area contributed by atoms with E-state index in [1.54, 1.807) is 34.3 Å². The van der Waals surface area contributed by atoms with Crippen molar-refractivity contribution in [3.63, 3.8) is 0 Å². The topological polar surface area (TPSA) is 81.8 Å². The van der Waals surface area contributed by atoms with Crippen LogP contribution in [-0.4, -0.2) is 67.8 Å². The maximum atomic E-state index is 12.8.